The van der Waals surface area contributed by atoms with Crippen molar-refractivity contribution in [3.8, 4) is 5.75 Å². The first kappa shape index (κ1) is 24.5. The quantitative estimate of drug-likeness (QED) is 0.538. The molecule has 184 valence electrons. The van der Waals surface area contributed by atoms with Crippen LogP contribution in [0.5, 0.6) is 5.75 Å². The van der Waals surface area contributed by atoms with Gasteiger partial charge in [-0.2, -0.15) is 18.2 Å². The van der Waals surface area contributed by atoms with Gasteiger partial charge in [0.15, 0.2) is 5.75 Å². The third kappa shape index (κ3) is 5.04. The van der Waals surface area contributed by atoms with Crippen LogP contribution in [-0.4, -0.2) is 28.4 Å². The van der Waals surface area contributed by atoms with E-state index in [9.17, 15) is 18.3 Å². The topological polar surface area (TPSA) is 44.7 Å². The molecule has 0 amide bonds. The first-order chi connectivity index (χ1) is 16.2. The summed E-state index contributed by atoms with van der Waals surface area (Å²) in [5.41, 5.74) is 1.48. The van der Waals surface area contributed by atoms with Gasteiger partial charge in [0.2, 0.25) is 0 Å². The van der Waals surface area contributed by atoms with Crippen LogP contribution in [0.25, 0.3) is 0 Å². The van der Waals surface area contributed by atoms with Crippen LogP contribution in [-0.2, 0) is 6.18 Å². The standard InChI is InChI=1S/C27H33F3N2O2/c1-17-19(3)32(34-22-13-9-12-21(16-22)27(28,29)30)26(31-23-14-7-8-15-24(23)33)18(2)25(17)20-10-5-4-6-11-20/h4-6,9-13,16-17,19,23-25,31,33H,7-8,14-15H2,1-3H3/t17?,19?,23-,24-,25?/m1/s1. The predicted molar refractivity (Wildman–Crippen MR) is 126 cm³/mol. The first-order valence-corrected chi connectivity index (χ1v) is 12.0. The van der Waals surface area contributed by atoms with Gasteiger partial charge < -0.3 is 15.3 Å². The lowest BCUT2D eigenvalue weighted by Crippen LogP contribution is -2.53. The average Bonchev–Trinajstić information content (AvgIpc) is 2.81. The fraction of sp³-hybridized carbons (Fsp3) is 0.481. The highest BCUT2D eigenvalue weighted by Gasteiger charge is 2.40. The Kier molecular flexibility index (Phi) is 7.12. The maximum Gasteiger partial charge on any atom is 0.416 e. The van der Waals surface area contributed by atoms with Crippen molar-refractivity contribution < 1.29 is 23.1 Å². The molecule has 1 aliphatic heterocycles. The van der Waals surface area contributed by atoms with E-state index in [0.29, 0.717) is 0 Å². The Morgan fingerprint density at radius 3 is 2.38 bits per heavy atom. The lowest BCUT2D eigenvalue weighted by molar-refractivity contribution is -0.138. The minimum absolute atomic E-state index is 0.112. The lowest BCUT2D eigenvalue weighted by atomic mass is 9.76. The summed E-state index contributed by atoms with van der Waals surface area (Å²) in [6.45, 7) is 6.21. The molecule has 2 aromatic rings. The molecular weight excluding hydrogens is 441 g/mol. The Balaban J connectivity index is 1.73. The summed E-state index contributed by atoms with van der Waals surface area (Å²) >= 11 is 0. The number of hydrogen-bond donors (Lipinski definition) is 2. The van der Waals surface area contributed by atoms with E-state index in [2.05, 4.69) is 24.4 Å². The number of benzene rings is 2. The van der Waals surface area contributed by atoms with Gasteiger partial charge in [-0.3, -0.25) is 0 Å². The van der Waals surface area contributed by atoms with Gasteiger partial charge in [-0.15, -0.1) is 0 Å². The van der Waals surface area contributed by atoms with Crippen molar-refractivity contribution in [1.29, 1.82) is 0 Å². The van der Waals surface area contributed by atoms with Crippen LogP contribution in [0.4, 0.5) is 13.2 Å². The number of aliphatic hydroxyl groups excluding tert-OH is 1. The van der Waals surface area contributed by atoms with Crippen molar-refractivity contribution in [2.24, 2.45) is 5.92 Å². The lowest BCUT2D eigenvalue weighted by Gasteiger charge is -2.46. The summed E-state index contributed by atoms with van der Waals surface area (Å²) in [4.78, 5) is 6.15. The molecule has 2 N–H and O–H groups in total. The molecule has 1 aliphatic carbocycles. The normalized spacial score (nSPS) is 28.1. The van der Waals surface area contributed by atoms with Crippen LogP contribution in [0.2, 0.25) is 0 Å². The molecule has 1 fully saturated rings. The van der Waals surface area contributed by atoms with Crippen molar-refractivity contribution in [1.82, 2.24) is 10.4 Å². The summed E-state index contributed by atoms with van der Waals surface area (Å²) < 4.78 is 39.9. The van der Waals surface area contributed by atoms with E-state index < -0.39 is 17.8 Å². The second kappa shape index (κ2) is 9.90. The summed E-state index contributed by atoms with van der Waals surface area (Å²) in [6.07, 6.45) is -1.36. The SMILES string of the molecule is CC1=C(N[C@@H]2CCCC[C@H]2O)N(Oc2cccc(C(F)(F)F)c2)C(C)C(C)C1c1ccccc1. The molecule has 3 unspecified atom stereocenters. The number of hydroxylamine groups is 2. The monoisotopic (exact) mass is 474 g/mol. The van der Waals surface area contributed by atoms with Crippen LogP contribution < -0.4 is 10.2 Å². The molecule has 2 aromatic carbocycles. The Hall–Kier alpha value is -2.67. The van der Waals surface area contributed by atoms with Crippen molar-refractivity contribution in [2.75, 3.05) is 0 Å². The number of halogens is 3. The van der Waals surface area contributed by atoms with E-state index in [1.54, 1.807) is 11.1 Å². The van der Waals surface area contributed by atoms with Crippen molar-refractivity contribution in [3.63, 3.8) is 0 Å². The number of hydrogen-bond acceptors (Lipinski definition) is 4. The molecule has 0 saturated heterocycles. The van der Waals surface area contributed by atoms with Crippen LogP contribution >= 0.6 is 0 Å². The Labute approximate surface area is 199 Å². The summed E-state index contributed by atoms with van der Waals surface area (Å²) in [7, 11) is 0. The molecule has 1 saturated carbocycles. The second-order valence-electron chi connectivity index (χ2n) is 9.57. The zero-order valence-corrected chi connectivity index (χ0v) is 19.8. The van der Waals surface area contributed by atoms with Crippen LogP contribution in [0, 0.1) is 5.92 Å². The minimum atomic E-state index is -4.45. The second-order valence-corrected chi connectivity index (χ2v) is 9.57. The molecule has 0 bridgehead atoms. The Bertz CT molecular complexity index is 1010. The maximum atomic E-state index is 13.3. The third-order valence-electron chi connectivity index (χ3n) is 7.29. The maximum absolute atomic E-state index is 13.3. The van der Waals surface area contributed by atoms with Crippen LogP contribution in [0.3, 0.4) is 0 Å². The number of allylic oxidation sites excluding steroid dienone is 1. The molecule has 5 atom stereocenters. The first-order valence-electron chi connectivity index (χ1n) is 12.0. The molecule has 7 heteroatoms. The molecule has 4 rings (SSSR count). The smallest absolute Gasteiger partial charge is 0.391 e. The average molecular weight is 475 g/mol. The van der Waals surface area contributed by atoms with Crippen molar-refractivity contribution in [2.45, 2.75) is 76.7 Å². The Morgan fingerprint density at radius 2 is 1.71 bits per heavy atom. The number of nitrogens with zero attached hydrogens (tertiary/aromatic N) is 1. The number of aliphatic hydroxyl groups is 1. The van der Waals surface area contributed by atoms with Gasteiger partial charge in [0.25, 0.3) is 0 Å². The molecule has 1 heterocycles. The number of rotatable bonds is 5. The predicted octanol–water partition coefficient (Wildman–Crippen LogP) is 6.25. The van der Waals surface area contributed by atoms with Gasteiger partial charge in [0, 0.05) is 5.92 Å². The van der Waals surface area contributed by atoms with Crippen molar-refractivity contribution >= 4 is 0 Å². The van der Waals surface area contributed by atoms with E-state index in [-0.39, 0.29) is 29.7 Å². The third-order valence-corrected chi connectivity index (χ3v) is 7.29. The molecule has 4 nitrogen and oxygen atoms in total. The summed E-state index contributed by atoms with van der Waals surface area (Å²) in [5, 5.41) is 15.9. The van der Waals surface area contributed by atoms with E-state index >= 15 is 0 Å². The minimum Gasteiger partial charge on any atom is -0.391 e. The largest absolute Gasteiger partial charge is 0.416 e. The molecule has 0 aromatic heterocycles. The van der Waals surface area contributed by atoms with Crippen LogP contribution in [0.15, 0.2) is 66.0 Å². The molecule has 2 aliphatic rings. The highest BCUT2D eigenvalue weighted by molar-refractivity contribution is 5.35. The van der Waals surface area contributed by atoms with E-state index in [1.165, 1.54) is 11.6 Å². The van der Waals surface area contributed by atoms with Gasteiger partial charge in [-0.05, 0) is 61.9 Å². The van der Waals surface area contributed by atoms with Crippen molar-refractivity contribution in [3.05, 3.63) is 77.1 Å². The van der Waals surface area contributed by atoms with E-state index in [4.69, 9.17) is 4.84 Å². The molecule has 34 heavy (non-hydrogen) atoms. The zero-order chi connectivity index (χ0) is 24.5. The zero-order valence-electron chi connectivity index (χ0n) is 19.8. The van der Waals surface area contributed by atoms with Gasteiger partial charge >= 0.3 is 6.18 Å². The fourth-order valence-corrected chi connectivity index (χ4v) is 5.23. The van der Waals surface area contributed by atoms with Gasteiger partial charge in [-0.1, -0.05) is 56.2 Å². The summed E-state index contributed by atoms with van der Waals surface area (Å²) in [6, 6.07) is 14.9. The van der Waals surface area contributed by atoms with Gasteiger partial charge in [0.1, 0.15) is 5.82 Å². The fourth-order valence-electron chi connectivity index (χ4n) is 5.23. The molecular formula is C27H33F3N2O2. The highest BCUT2D eigenvalue weighted by Crippen LogP contribution is 2.43. The van der Waals surface area contributed by atoms with Gasteiger partial charge in [-0.25, -0.2) is 0 Å². The summed E-state index contributed by atoms with van der Waals surface area (Å²) in [5.74, 6) is 1.10. The Morgan fingerprint density at radius 1 is 1.00 bits per heavy atom. The van der Waals surface area contributed by atoms with E-state index in [1.807, 2.05) is 32.0 Å². The molecule has 0 radical (unpaired) electrons. The number of alkyl halides is 3. The van der Waals surface area contributed by atoms with E-state index in [0.717, 1.165) is 49.2 Å². The molecule has 0 spiro atoms. The van der Waals surface area contributed by atoms with Crippen LogP contribution in [0.1, 0.15) is 63.5 Å². The van der Waals surface area contributed by atoms with Gasteiger partial charge in [0.05, 0.1) is 23.8 Å². The highest BCUT2D eigenvalue weighted by atomic mass is 19.4. The number of nitrogens with one attached hydrogen (secondary N) is 1.